The highest BCUT2D eigenvalue weighted by molar-refractivity contribution is 8.76. The molecule has 2 saturated carbocycles. The number of nitrogens with zero attached hydrogens (tertiary/aromatic N) is 1. The first kappa shape index (κ1) is 39.2. The van der Waals surface area contributed by atoms with Crippen LogP contribution < -0.4 is 30.2 Å². The molecule has 2 aliphatic carbocycles. The molecule has 0 amide bonds. The molecule has 4 aliphatic rings. The molecule has 0 aromatic heterocycles. The average molecular weight is 763 g/mol. The normalized spacial score (nSPS) is 28.8. The van der Waals surface area contributed by atoms with Gasteiger partial charge in [0, 0.05) is 44.9 Å². The second-order valence-corrected chi connectivity index (χ2v) is 17.2. The predicted molar refractivity (Wildman–Crippen MR) is 215 cm³/mol. The monoisotopic (exact) mass is 762 g/mol. The molecule has 6 rings (SSSR count). The molecule has 286 valence electrons. The second kappa shape index (κ2) is 18.2. The Morgan fingerprint density at radius 1 is 1.19 bits per heavy atom. The van der Waals surface area contributed by atoms with Crippen molar-refractivity contribution in [2.24, 2.45) is 28.2 Å². The third-order valence-electron chi connectivity index (χ3n) is 11.4. The maximum atomic E-state index is 14.4. The minimum atomic E-state index is -0.522. The number of hydrogen-bond donors (Lipinski definition) is 4. The van der Waals surface area contributed by atoms with Gasteiger partial charge in [-0.05, 0) is 118 Å². The van der Waals surface area contributed by atoms with Crippen LogP contribution in [0.1, 0.15) is 62.5 Å². The number of carbonyl (C=O) groups is 1. The zero-order valence-corrected chi connectivity index (χ0v) is 33.1. The molecular weight excluding hydrogens is 709 g/mol. The van der Waals surface area contributed by atoms with Crippen molar-refractivity contribution in [1.82, 2.24) is 10.6 Å². The van der Waals surface area contributed by atoms with Crippen LogP contribution in [0.3, 0.4) is 0 Å². The molecule has 12 heteroatoms. The Morgan fingerprint density at radius 2 is 2.08 bits per heavy atom. The summed E-state index contributed by atoms with van der Waals surface area (Å²) in [7, 11) is 10.6. The number of ether oxygens (including phenoxy) is 4. The number of hydrogen-bond acceptors (Lipinski definition) is 10. The number of fused-ring (bicyclic) bond motifs is 7. The third-order valence-corrected chi connectivity index (χ3v) is 13.6. The first-order valence-corrected chi connectivity index (χ1v) is 21.2. The van der Waals surface area contributed by atoms with E-state index in [1.165, 1.54) is 0 Å². The summed E-state index contributed by atoms with van der Waals surface area (Å²) >= 11 is 0. The Morgan fingerprint density at radius 3 is 2.89 bits per heavy atom. The van der Waals surface area contributed by atoms with E-state index in [-0.39, 0.29) is 17.5 Å². The maximum absolute atomic E-state index is 14.4. The number of phenols is 1. The molecule has 53 heavy (non-hydrogen) atoms. The highest BCUT2D eigenvalue weighted by Gasteiger charge is 2.48. The van der Waals surface area contributed by atoms with Crippen LogP contribution in [0, 0.1) is 35.2 Å². The summed E-state index contributed by atoms with van der Waals surface area (Å²) in [6, 6.07) is 9.61. The van der Waals surface area contributed by atoms with E-state index in [2.05, 4.69) is 45.1 Å². The summed E-state index contributed by atoms with van der Waals surface area (Å²) in [5.74, 6) is 8.35. The molecule has 0 spiro atoms. The van der Waals surface area contributed by atoms with Crippen molar-refractivity contribution < 1.29 is 28.8 Å². The number of methoxy groups -OCH3 is 2. The van der Waals surface area contributed by atoms with Crippen LogP contribution in [0.2, 0.25) is 0 Å². The van der Waals surface area contributed by atoms with Crippen molar-refractivity contribution in [2.75, 3.05) is 58.4 Å². The lowest BCUT2D eigenvalue weighted by Crippen LogP contribution is -2.43. The number of anilines is 1. The molecular formula is C41H54N4O6S2. The molecule has 2 aromatic carbocycles. The fourth-order valence-electron chi connectivity index (χ4n) is 8.79. The summed E-state index contributed by atoms with van der Waals surface area (Å²) in [6.07, 6.45) is 15.2. The number of rotatable bonds is 8. The van der Waals surface area contributed by atoms with Crippen LogP contribution >= 0.6 is 21.6 Å². The van der Waals surface area contributed by atoms with Crippen molar-refractivity contribution in [3.63, 3.8) is 0 Å². The Balaban J connectivity index is 1.32. The molecule has 2 aliphatic heterocycles. The number of aliphatic imine (C=N–C) groups is 1. The van der Waals surface area contributed by atoms with Gasteiger partial charge < -0.3 is 40.0 Å². The van der Waals surface area contributed by atoms with Gasteiger partial charge in [-0.2, -0.15) is 0 Å². The Bertz CT molecular complexity index is 1730. The van der Waals surface area contributed by atoms with Crippen LogP contribution in [0.4, 0.5) is 5.69 Å². The minimum absolute atomic E-state index is 0.101. The number of allylic oxidation sites excluding steroid dienone is 2. The lowest BCUT2D eigenvalue weighted by molar-refractivity contribution is -0.125. The highest BCUT2D eigenvalue weighted by atomic mass is 33.1. The van der Waals surface area contributed by atoms with Crippen molar-refractivity contribution in [3.05, 3.63) is 53.6 Å². The van der Waals surface area contributed by atoms with Crippen molar-refractivity contribution in [3.8, 4) is 35.0 Å². The first-order chi connectivity index (χ1) is 25.8. The Hall–Kier alpha value is -3.50. The van der Waals surface area contributed by atoms with E-state index in [0.29, 0.717) is 73.3 Å². The molecule has 2 heterocycles. The van der Waals surface area contributed by atoms with Gasteiger partial charge in [-0.15, -0.1) is 0 Å². The fourth-order valence-corrected chi connectivity index (χ4v) is 11.0. The van der Waals surface area contributed by atoms with Gasteiger partial charge in [-0.25, -0.2) is 0 Å². The molecule has 0 radical (unpaired) electrons. The second-order valence-electron chi connectivity index (χ2n) is 14.7. The topological polar surface area (TPSA) is 123 Å². The number of ketones is 1. The van der Waals surface area contributed by atoms with Gasteiger partial charge in [0.25, 0.3) is 0 Å². The Kier molecular flexibility index (Phi) is 13.5. The minimum Gasteiger partial charge on any atom is -0.504 e. The van der Waals surface area contributed by atoms with Gasteiger partial charge in [0.05, 0.1) is 18.7 Å². The summed E-state index contributed by atoms with van der Waals surface area (Å²) in [6.45, 7) is 1.41. The van der Waals surface area contributed by atoms with E-state index < -0.39 is 11.0 Å². The zero-order chi connectivity index (χ0) is 37.3. The summed E-state index contributed by atoms with van der Waals surface area (Å²) in [5, 5.41) is 20.6. The van der Waals surface area contributed by atoms with Gasteiger partial charge in [0.1, 0.15) is 11.7 Å². The van der Waals surface area contributed by atoms with Crippen LogP contribution in [0.5, 0.6) is 23.0 Å². The molecule has 10 nitrogen and oxygen atoms in total. The van der Waals surface area contributed by atoms with E-state index in [4.69, 9.17) is 18.9 Å². The van der Waals surface area contributed by atoms with E-state index in [0.717, 1.165) is 67.5 Å². The smallest absolute Gasteiger partial charge is 0.205 e. The van der Waals surface area contributed by atoms with Crippen LogP contribution in [0.25, 0.3) is 0 Å². The molecule has 4 N–H and O–H groups in total. The third kappa shape index (κ3) is 9.25. The molecule has 0 saturated heterocycles. The van der Waals surface area contributed by atoms with Gasteiger partial charge in [0.2, 0.25) is 5.75 Å². The number of aryl methyl sites for hydroxylation is 1. The lowest BCUT2D eigenvalue weighted by atomic mass is 9.70. The number of phenolic OH excluding ortho intramolecular Hbond substituents is 1. The van der Waals surface area contributed by atoms with E-state index >= 15 is 0 Å². The largest absolute Gasteiger partial charge is 0.504 e. The van der Waals surface area contributed by atoms with E-state index in [1.54, 1.807) is 48.9 Å². The number of aromatic hydroxyl groups is 1. The maximum Gasteiger partial charge on any atom is 0.205 e. The van der Waals surface area contributed by atoms with Gasteiger partial charge in [-0.3, -0.25) is 9.79 Å². The number of guanidine groups is 1. The predicted octanol–water partition coefficient (Wildman–Crippen LogP) is 6.97. The summed E-state index contributed by atoms with van der Waals surface area (Å²) in [4.78, 5) is 18.9. The fraction of sp³-hybridized carbons (Fsp3) is 0.561. The number of carbonyl (C=O) groups excluding carboxylic acids is 1. The van der Waals surface area contributed by atoms with Crippen molar-refractivity contribution >= 4 is 39.0 Å². The average Bonchev–Trinajstić information content (AvgIpc) is 3.71. The van der Waals surface area contributed by atoms with Crippen LogP contribution in [-0.4, -0.2) is 75.5 Å². The number of nitrogens with one attached hydrogen (secondary N) is 3. The summed E-state index contributed by atoms with van der Waals surface area (Å²) < 4.78 is 24.2. The zero-order valence-electron chi connectivity index (χ0n) is 31.4. The molecule has 2 fully saturated rings. The van der Waals surface area contributed by atoms with Crippen molar-refractivity contribution in [1.29, 1.82) is 0 Å². The molecule has 5 atom stereocenters. The number of likely N-dealkylation sites (N-methyl/N-ethyl adjacent to an activating group) is 1. The Labute approximate surface area is 322 Å². The number of benzene rings is 2. The molecule has 4 bridgehead atoms. The van der Waals surface area contributed by atoms with Crippen LogP contribution in [-0.2, 0) is 22.4 Å². The lowest BCUT2D eigenvalue weighted by Gasteiger charge is -2.33. The standard InChI is InChI=1S/C41H54N4O6S2/c1-42-26-40-23-30(31(24-40)15-18-48-3)10-8-17-50-38-33-19-28(20-36(38)51-40)9-5-6-12-37(47)41(22-29-13-14-34(46)35(21-29)49-4)16-7-11-32(41)25-52-53-27-44-39(43-2)45-33/h6,12-14,19-21,30-32,42,46H,5,7,9-11,15-16,18,22-27H2,1-4H3,(H2,43,44,45)/b12-6+/t30-,31+,32-,40+,41+/m1/s1. The van der Waals surface area contributed by atoms with Crippen LogP contribution in [0.15, 0.2) is 47.5 Å². The first-order valence-electron chi connectivity index (χ1n) is 18.7. The van der Waals surface area contributed by atoms with Gasteiger partial charge >= 0.3 is 0 Å². The SMILES string of the molecule is CN=C1NCSSC[C@H]2CCC[C@@]2(Cc2ccc(O)c(OC)c2)C(=O)/C=C/CCc2cc(c3c(c2)O[C@@]2(CNC)C[C@@H](CC#CO3)[C@@H](CCOC)C2)N1. The van der Waals surface area contributed by atoms with Gasteiger partial charge in [-0.1, -0.05) is 46.1 Å². The van der Waals surface area contributed by atoms with E-state index in [1.807, 2.05) is 31.3 Å². The quantitative estimate of drug-likeness (QED) is 0.165. The highest BCUT2D eigenvalue weighted by Crippen LogP contribution is 2.51. The van der Waals surface area contributed by atoms with Gasteiger partial charge in [0.15, 0.2) is 29.0 Å². The summed E-state index contributed by atoms with van der Waals surface area (Å²) in [5.41, 5.74) is 1.83. The molecule has 0 unspecified atom stereocenters. The van der Waals surface area contributed by atoms with E-state index in [9.17, 15) is 9.90 Å². The van der Waals surface area contributed by atoms with Crippen molar-refractivity contribution in [2.45, 2.75) is 69.8 Å². The molecule has 2 aromatic rings.